The molecule has 2 unspecified atom stereocenters. The molecule has 0 spiro atoms. The van der Waals surface area contributed by atoms with Gasteiger partial charge in [0, 0.05) is 61.8 Å². The maximum atomic E-state index is 12.7. The van der Waals surface area contributed by atoms with Crippen LogP contribution >= 0.6 is 0 Å². The molecule has 13 nitrogen and oxygen atoms in total. The van der Waals surface area contributed by atoms with Crippen molar-refractivity contribution >= 4 is 46.6 Å². The Morgan fingerprint density at radius 3 is 1.56 bits per heavy atom. The fourth-order valence-electron chi connectivity index (χ4n) is 8.72. The van der Waals surface area contributed by atoms with Gasteiger partial charge in [0.15, 0.2) is 0 Å². The molecule has 0 aliphatic carbocycles. The molecule has 16 heteroatoms. The SMILES string of the molecule is CC(C)(C)OC(=O)N1CCC(c2cc(-c3ccc(C(=O)Nc4ccccc4)cc3)n3cnccc23)C1.O=C(Nc1ccccc1)c1ccc(-c2cc(C3CCNC3)c3ccncn23)cc1.O=CC(F)(F)F.[2H]CC. The van der Waals surface area contributed by atoms with Crippen LogP contribution in [-0.2, 0) is 9.53 Å². The zero-order chi connectivity index (χ0) is 52.8. The van der Waals surface area contributed by atoms with E-state index in [1.165, 1.54) is 16.6 Å². The van der Waals surface area contributed by atoms with Gasteiger partial charge in [0.2, 0.25) is 6.29 Å². The average Bonchev–Trinajstić information content (AvgIpc) is 4.24. The number of likely N-dealkylation sites (tertiary alicyclic amines) is 1. The molecule has 73 heavy (non-hydrogen) atoms. The number of para-hydroxylation sites is 2. The Kier molecular flexibility index (Phi) is 16.8. The van der Waals surface area contributed by atoms with E-state index in [1.54, 1.807) is 18.0 Å². The van der Waals surface area contributed by atoms with E-state index in [-0.39, 0.29) is 23.8 Å². The van der Waals surface area contributed by atoms with Gasteiger partial charge in [-0.1, -0.05) is 74.5 Å². The van der Waals surface area contributed by atoms with Crippen LogP contribution in [0.2, 0.25) is 0 Å². The van der Waals surface area contributed by atoms with Crippen molar-refractivity contribution < 1.29 is 38.5 Å². The van der Waals surface area contributed by atoms with Crippen molar-refractivity contribution in [3.63, 3.8) is 0 Å². The summed E-state index contributed by atoms with van der Waals surface area (Å²) in [5, 5.41) is 9.30. The van der Waals surface area contributed by atoms with Crippen LogP contribution in [0.1, 0.15) is 92.5 Å². The Labute approximate surface area is 423 Å². The van der Waals surface area contributed by atoms with Crippen molar-refractivity contribution in [3.8, 4) is 22.5 Å². The second-order valence-corrected chi connectivity index (χ2v) is 18.2. The number of amides is 3. The van der Waals surface area contributed by atoms with Crippen LogP contribution in [0.15, 0.2) is 159 Å². The molecule has 0 radical (unpaired) electrons. The molecule has 2 aliphatic rings. The summed E-state index contributed by atoms with van der Waals surface area (Å²) >= 11 is 0. The van der Waals surface area contributed by atoms with Crippen molar-refractivity contribution in [2.24, 2.45) is 0 Å². The fraction of sp³-hybridized carbons (Fsp3) is 0.263. The number of carbonyl (C=O) groups excluding carboxylic acids is 4. The number of carbonyl (C=O) groups is 4. The molecule has 0 bridgehead atoms. The van der Waals surface area contributed by atoms with Gasteiger partial charge in [0.25, 0.3) is 11.8 Å². The predicted molar refractivity (Wildman–Crippen MR) is 279 cm³/mol. The predicted octanol–water partition coefficient (Wildman–Crippen LogP) is 12.1. The van der Waals surface area contributed by atoms with Crippen molar-refractivity contribution in [2.75, 3.05) is 36.8 Å². The Bertz CT molecular complexity index is 3140. The number of nitrogens with one attached hydrogen (secondary N) is 3. The van der Waals surface area contributed by atoms with Crippen LogP contribution in [0.4, 0.5) is 29.3 Å². The molecule has 8 aromatic rings. The highest BCUT2D eigenvalue weighted by Crippen LogP contribution is 2.37. The van der Waals surface area contributed by atoms with Crippen LogP contribution in [-0.4, -0.2) is 85.8 Å². The van der Waals surface area contributed by atoms with E-state index in [2.05, 4.69) is 52.9 Å². The fourth-order valence-corrected chi connectivity index (χ4v) is 8.72. The molecular formula is C57H59F3N8O5. The summed E-state index contributed by atoms with van der Waals surface area (Å²) in [4.78, 5) is 56.9. The summed E-state index contributed by atoms with van der Waals surface area (Å²) in [6, 6.07) is 42.8. The molecule has 4 aromatic heterocycles. The molecule has 4 aromatic carbocycles. The van der Waals surface area contributed by atoms with Crippen LogP contribution in [0.25, 0.3) is 33.5 Å². The molecule has 2 aliphatic heterocycles. The van der Waals surface area contributed by atoms with Crippen LogP contribution < -0.4 is 16.0 Å². The van der Waals surface area contributed by atoms with E-state index in [4.69, 9.17) is 10.9 Å². The van der Waals surface area contributed by atoms with E-state index in [0.717, 1.165) is 65.3 Å². The van der Waals surface area contributed by atoms with Crippen molar-refractivity contribution in [1.29, 1.82) is 0 Å². The zero-order valence-corrected chi connectivity index (χ0v) is 41.1. The van der Waals surface area contributed by atoms with E-state index >= 15 is 0 Å². The monoisotopic (exact) mass is 993 g/mol. The summed E-state index contributed by atoms with van der Waals surface area (Å²) < 4.78 is 47.3. The number of hydrogen-bond donors (Lipinski definition) is 3. The lowest BCUT2D eigenvalue weighted by molar-refractivity contribution is -0.156. The summed E-state index contributed by atoms with van der Waals surface area (Å²) in [6.07, 6.45) is 3.38. The first-order chi connectivity index (χ1) is 35.5. The highest BCUT2D eigenvalue weighted by atomic mass is 19.4. The van der Waals surface area contributed by atoms with E-state index in [1.807, 2.05) is 155 Å². The maximum absolute atomic E-state index is 12.7. The Balaban J connectivity index is 0.000000189. The van der Waals surface area contributed by atoms with E-state index < -0.39 is 18.1 Å². The number of alkyl halides is 3. The minimum atomic E-state index is -4.64. The molecule has 2 fully saturated rings. The summed E-state index contributed by atoms with van der Waals surface area (Å²) in [5.41, 5.74) is 11.2. The number of ether oxygens (including phenoxy) is 1. The smallest absolute Gasteiger partial charge is 0.444 e. The number of anilines is 2. The number of hydrogen-bond acceptors (Lipinski definition) is 8. The first-order valence-electron chi connectivity index (χ1n) is 24.6. The lowest BCUT2D eigenvalue weighted by Gasteiger charge is -2.24. The van der Waals surface area contributed by atoms with Gasteiger partial charge in [-0.05, 0) is 141 Å². The van der Waals surface area contributed by atoms with Gasteiger partial charge in [-0.2, -0.15) is 13.2 Å². The highest BCUT2D eigenvalue weighted by Gasteiger charge is 2.32. The third-order valence-electron chi connectivity index (χ3n) is 12.1. The number of nitrogens with zero attached hydrogens (tertiary/aromatic N) is 5. The Hall–Kier alpha value is -8.11. The van der Waals surface area contributed by atoms with Gasteiger partial charge < -0.3 is 34.4 Å². The molecule has 2 atom stereocenters. The first kappa shape index (κ1) is 51.3. The highest BCUT2D eigenvalue weighted by molar-refractivity contribution is 6.05. The summed E-state index contributed by atoms with van der Waals surface area (Å²) in [5.74, 6) is 0.474. The largest absolute Gasteiger partial charge is 0.446 e. The number of benzene rings is 4. The van der Waals surface area contributed by atoms with Gasteiger partial charge in [0.1, 0.15) is 5.60 Å². The number of fused-ring (bicyclic) bond motifs is 2. The maximum Gasteiger partial charge on any atom is 0.446 e. The molecule has 2 saturated heterocycles. The van der Waals surface area contributed by atoms with Crippen molar-refractivity contribution in [3.05, 3.63) is 181 Å². The average molecular weight is 994 g/mol. The van der Waals surface area contributed by atoms with Crippen LogP contribution in [0, 0.1) is 0 Å². The lowest BCUT2D eigenvalue weighted by atomic mass is 9.98. The van der Waals surface area contributed by atoms with Gasteiger partial charge in [-0.25, -0.2) is 14.8 Å². The van der Waals surface area contributed by atoms with Crippen molar-refractivity contribution in [2.45, 2.75) is 71.0 Å². The quantitative estimate of drug-likeness (QED) is 0.127. The minimum Gasteiger partial charge on any atom is -0.444 e. The number of rotatable bonds is 8. The molecule has 3 N–H and O–H groups in total. The van der Waals surface area contributed by atoms with Crippen molar-refractivity contribution in [1.82, 2.24) is 29.0 Å². The van der Waals surface area contributed by atoms with Crippen LogP contribution in [0.5, 0.6) is 0 Å². The molecule has 6 heterocycles. The number of aromatic nitrogens is 4. The zero-order valence-electron chi connectivity index (χ0n) is 42.1. The topological polar surface area (TPSA) is 151 Å². The van der Waals surface area contributed by atoms with Crippen LogP contribution in [0.3, 0.4) is 0 Å². The van der Waals surface area contributed by atoms with Gasteiger partial charge in [-0.3, -0.25) is 14.4 Å². The second kappa shape index (κ2) is 23.9. The number of halogens is 3. The van der Waals surface area contributed by atoms with Gasteiger partial charge in [0.05, 0.1) is 35.1 Å². The normalized spacial score (nSPS) is 15.4. The molecule has 3 amide bonds. The van der Waals surface area contributed by atoms with E-state index in [0.29, 0.717) is 37.0 Å². The third kappa shape index (κ3) is 13.7. The van der Waals surface area contributed by atoms with E-state index in [9.17, 15) is 27.6 Å². The molecule has 0 saturated carbocycles. The number of aldehydes is 1. The summed E-state index contributed by atoms with van der Waals surface area (Å²) in [7, 11) is 0. The Morgan fingerprint density at radius 1 is 0.699 bits per heavy atom. The third-order valence-corrected chi connectivity index (χ3v) is 12.1. The second-order valence-electron chi connectivity index (χ2n) is 18.2. The summed E-state index contributed by atoms with van der Waals surface area (Å²) in [6.45, 7) is 11.3. The van der Waals surface area contributed by atoms with Gasteiger partial charge >= 0.3 is 12.3 Å². The van der Waals surface area contributed by atoms with Gasteiger partial charge in [-0.15, -0.1) is 0 Å². The lowest BCUT2D eigenvalue weighted by Crippen LogP contribution is -2.35. The standard InChI is InChI=1S/C29H30N4O3.C24H22N4O.C2HF3O.C2H6/c1-29(2,3)36-28(35)32-16-14-22(18-32)24-17-26(33-19-30-15-13-25(24)33)20-9-11-21(12-10-20)27(34)31-23-7-5-4-6-8-23;29-24(27-20-4-2-1-3-5-20)18-8-6-17(7-9-18)23-14-21(19-10-12-25-15-19)22-11-13-26-16-28(22)23;3-2(4,5)1-6;1-2/h4-13,15,17,19,22H,14,16,18H2,1-3H3,(H,31,34);1-9,11,13-14,16,19,25H,10,12,15H2,(H,27,29);1H;1-2H3/i;;;1D. The molecule has 378 valence electrons. The minimum absolute atomic E-state index is 0.109. The Morgan fingerprint density at radius 2 is 1.15 bits per heavy atom. The molecule has 10 rings (SSSR count). The molecular weight excluding hydrogens is 934 g/mol. The first-order valence-corrected chi connectivity index (χ1v) is 23.9.